The van der Waals surface area contributed by atoms with Crippen LogP contribution in [0.15, 0.2) is 66.2 Å². The van der Waals surface area contributed by atoms with Crippen molar-refractivity contribution in [3.63, 3.8) is 0 Å². The lowest BCUT2D eigenvalue weighted by molar-refractivity contribution is 0.0322. The van der Waals surface area contributed by atoms with Gasteiger partial charge in [0.2, 0.25) is 0 Å². The lowest BCUT2D eigenvalue weighted by Gasteiger charge is -2.35. The Morgan fingerprint density at radius 2 is 1.69 bits per heavy atom. The standard InChI is InChI=1S/C41H58O5SSi/c1-9-10-11-15-36(45-28-29-16-23-33(43-5)24-17-29)30-18-20-32(21-19-30)38-31(13-12-14-34-25-27-37(47-34)40(42)44-6)22-26-35(38)39(41(2,3)4)46-48(7)8/h16-21,23-25,27,31,36,39,48H,9-15,22,26,28H2,1-8H3/t31-,36?,39?/m0/s1. The smallest absolute Gasteiger partial charge is 0.348 e. The average molecular weight is 691 g/mol. The number of esters is 1. The van der Waals surface area contributed by atoms with Gasteiger partial charge in [-0.15, -0.1) is 11.3 Å². The Morgan fingerprint density at radius 1 is 0.958 bits per heavy atom. The molecule has 4 rings (SSSR count). The molecule has 3 atom stereocenters. The minimum atomic E-state index is -1.27. The molecule has 0 aliphatic heterocycles. The predicted molar refractivity (Wildman–Crippen MR) is 203 cm³/mol. The van der Waals surface area contributed by atoms with Gasteiger partial charge >= 0.3 is 5.97 Å². The average Bonchev–Trinajstić information content (AvgIpc) is 3.72. The van der Waals surface area contributed by atoms with E-state index in [9.17, 15) is 4.79 Å². The van der Waals surface area contributed by atoms with E-state index >= 15 is 0 Å². The van der Waals surface area contributed by atoms with Gasteiger partial charge in [-0.25, -0.2) is 4.79 Å². The number of carbonyl (C=O) groups excluding carboxylic acids is 1. The highest BCUT2D eigenvalue weighted by molar-refractivity contribution is 7.13. The summed E-state index contributed by atoms with van der Waals surface area (Å²) in [5.74, 6) is 1.10. The van der Waals surface area contributed by atoms with Gasteiger partial charge in [-0.05, 0) is 115 Å². The Hall–Kier alpha value is -2.71. The topological polar surface area (TPSA) is 54.0 Å². The Morgan fingerprint density at radius 3 is 2.31 bits per heavy atom. The number of hydrogen-bond donors (Lipinski definition) is 0. The summed E-state index contributed by atoms with van der Waals surface area (Å²) >= 11 is 1.56. The number of methoxy groups -OCH3 is 2. The van der Waals surface area contributed by atoms with Gasteiger partial charge < -0.3 is 18.6 Å². The molecule has 0 N–H and O–H groups in total. The Balaban J connectivity index is 1.58. The second-order valence-corrected chi connectivity index (χ2v) is 18.1. The van der Waals surface area contributed by atoms with Crippen molar-refractivity contribution in [1.29, 1.82) is 0 Å². The second-order valence-electron chi connectivity index (χ2n) is 14.5. The van der Waals surface area contributed by atoms with Crippen LogP contribution in [0.4, 0.5) is 0 Å². The minimum absolute atomic E-state index is 0.0214. The van der Waals surface area contributed by atoms with Gasteiger partial charge in [0.25, 0.3) is 0 Å². The van der Waals surface area contributed by atoms with E-state index in [2.05, 4.69) is 83.3 Å². The largest absolute Gasteiger partial charge is 0.497 e. The molecule has 1 aromatic heterocycles. The van der Waals surface area contributed by atoms with Crippen LogP contribution in [-0.4, -0.2) is 35.3 Å². The van der Waals surface area contributed by atoms with Crippen LogP contribution in [0.5, 0.6) is 5.75 Å². The molecular weight excluding hydrogens is 633 g/mol. The first-order valence-corrected chi connectivity index (χ1v) is 21.5. The number of thiophene rings is 1. The van der Waals surface area contributed by atoms with Crippen molar-refractivity contribution >= 4 is 31.9 Å². The third-order valence-electron chi connectivity index (χ3n) is 9.33. The molecule has 262 valence electrons. The monoisotopic (exact) mass is 690 g/mol. The first kappa shape index (κ1) is 38.1. The molecule has 0 spiro atoms. The van der Waals surface area contributed by atoms with Crippen LogP contribution in [0.25, 0.3) is 5.57 Å². The van der Waals surface area contributed by atoms with Gasteiger partial charge in [0, 0.05) is 4.88 Å². The Labute approximate surface area is 295 Å². The summed E-state index contributed by atoms with van der Waals surface area (Å²) in [5.41, 5.74) is 6.75. The minimum Gasteiger partial charge on any atom is -0.497 e. The number of ether oxygens (including phenoxy) is 3. The maximum atomic E-state index is 12.0. The van der Waals surface area contributed by atoms with Crippen molar-refractivity contribution in [3.8, 4) is 5.75 Å². The fourth-order valence-electron chi connectivity index (χ4n) is 6.90. The van der Waals surface area contributed by atoms with Gasteiger partial charge in [0.1, 0.15) is 10.6 Å². The van der Waals surface area contributed by atoms with Crippen molar-refractivity contribution in [3.05, 3.63) is 92.7 Å². The molecule has 0 saturated carbocycles. The highest BCUT2D eigenvalue weighted by Gasteiger charge is 2.37. The van der Waals surface area contributed by atoms with Crippen molar-refractivity contribution in [1.82, 2.24) is 0 Å². The van der Waals surface area contributed by atoms with Gasteiger partial charge in [-0.2, -0.15) is 0 Å². The molecule has 48 heavy (non-hydrogen) atoms. The van der Waals surface area contributed by atoms with E-state index in [0.717, 1.165) is 56.3 Å². The molecule has 1 aliphatic rings. The van der Waals surface area contributed by atoms with E-state index in [1.54, 1.807) is 18.4 Å². The van der Waals surface area contributed by atoms with Crippen LogP contribution in [-0.2, 0) is 26.9 Å². The molecule has 2 aromatic carbocycles. The zero-order valence-electron chi connectivity index (χ0n) is 30.6. The number of hydrogen-bond acceptors (Lipinski definition) is 6. The maximum absolute atomic E-state index is 12.0. The van der Waals surface area contributed by atoms with E-state index in [4.69, 9.17) is 18.6 Å². The van der Waals surface area contributed by atoms with Crippen LogP contribution in [0.2, 0.25) is 13.1 Å². The quantitative estimate of drug-likeness (QED) is 0.0755. The van der Waals surface area contributed by atoms with Crippen LogP contribution in [0.1, 0.15) is 116 Å². The van der Waals surface area contributed by atoms with Crippen LogP contribution >= 0.6 is 11.3 Å². The molecule has 0 fully saturated rings. The van der Waals surface area contributed by atoms with Crippen LogP contribution in [0.3, 0.4) is 0 Å². The number of rotatable bonds is 18. The molecule has 0 amide bonds. The summed E-state index contributed by atoms with van der Waals surface area (Å²) in [7, 11) is 1.87. The number of aryl methyl sites for hydroxylation is 1. The van der Waals surface area contributed by atoms with Crippen molar-refractivity contribution in [2.24, 2.45) is 11.3 Å². The van der Waals surface area contributed by atoms with Gasteiger partial charge in [-0.1, -0.05) is 83.4 Å². The summed E-state index contributed by atoms with van der Waals surface area (Å²) in [4.78, 5) is 13.9. The van der Waals surface area contributed by atoms with Gasteiger partial charge in [-0.3, -0.25) is 0 Å². The molecule has 2 unspecified atom stereocenters. The molecule has 7 heteroatoms. The number of allylic oxidation sites excluding steroid dienone is 1. The van der Waals surface area contributed by atoms with E-state index in [1.165, 1.54) is 47.1 Å². The van der Waals surface area contributed by atoms with Gasteiger partial charge in [0.15, 0.2) is 9.04 Å². The fraction of sp³-hybridized carbons (Fsp3) is 0.537. The highest BCUT2D eigenvalue weighted by atomic mass is 32.1. The van der Waals surface area contributed by atoms with Crippen LogP contribution in [0, 0.1) is 11.3 Å². The molecule has 0 saturated heterocycles. The molecule has 3 aromatic rings. The van der Waals surface area contributed by atoms with E-state index in [1.807, 2.05) is 18.2 Å². The number of benzene rings is 2. The Kier molecular flexibility index (Phi) is 14.5. The zero-order chi connectivity index (χ0) is 34.7. The van der Waals surface area contributed by atoms with E-state index < -0.39 is 9.04 Å². The first-order chi connectivity index (χ1) is 23.0. The zero-order valence-corrected chi connectivity index (χ0v) is 32.6. The number of carbonyl (C=O) groups is 1. The molecule has 0 radical (unpaired) electrons. The summed E-state index contributed by atoms with van der Waals surface area (Å²) < 4.78 is 23.7. The normalized spacial score (nSPS) is 16.4. The molecule has 1 heterocycles. The second kappa shape index (κ2) is 18.3. The van der Waals surface area contributed by atoms with Crippen molar-refractivity contribution in [2.75, 3.05) is 14.2 Å². The third-order valence-corrected chi connectivity index (χ3v) is 11.3. The number of unbranched alkanes of at least 4 members (excludes halogenated alkanes) is 2. The SMILES string of the molecule is CCCCCC(OCc1ccc(OC)cc1)c1ccc(C2=C(C(O[SiH](C)C)C(C)(C)C)CC[C@@H]2CCCc2ccc(C(=O)OC)s2)cc1. The van der Waals surface area contributed by atoms with Crippen molar-refractivity contribution < 1.29 is 23.4 Å². The highest BCUT2D eigenvalue weighted by Crippen LogP contribution is 2.47. The summed E-state index contributed by atoms with van der Waals surface area (Å²) in [6, 6.07) is 21.5. The summed E-state index contributed by atoms with van der Waals surface area (Å²) in [6.45, 7) is 14.4. The van der Waals surface area contributed by atoms with E-state index in [0.29, 0.717) is 17.4 Å². The van der Waals surface area contributed by atoms with Crippen LogP contribution < -0.4 is 4.74 Å². The first-order valence-electron chi connectivity index (χ1n) is 17.9. The molecule has 5 nitrogen and oxygen atoms in total. The third kappa shape index (κ3) is 10.6. The summed E-state index contributed by atoms with van der Waals surface area (Å²) in [6.07, 6.45) is 10.2. The Bertz CT molecular complexity index is 1450. The van der Waals surface area contributed by atoms with Gasteiger partial charge in [0.05, 0.1) is 33.0 Å². The fourth-order valence-corrected chi connectivity index (χ4v) is 8.99. The van der Waals surface area contributed by atoms with Crippen molar-refractivity contribution in [2.45, 2.75) is 117 Å². The lowest BCUT2D eigenvalue weighted by Crippen LogP contribution is -2.35. The summed E-state index contributed by atoms with van der Waals surface area (Å²) in [5, 5.41) is 0. The van der Waals surface area contributed by atoms with E-state index in [-0.39, 0.29) is 23.6 Å². The predicted octanol–water partition coefficient (Wildman–Crippen LogP) is 11.0. The molecule has 0 bridgehead atoms. The molecular formula is C41H58O5SSi. The lowest BCUT2D eigenvalue weighted by atomic mass is 9.81. The molecule has 1 aliphatic carbocycles. The maximum Gasteiger partial charge on any atom is 0.348 e.